The highest BCUT2D eigenvalue weighted by Gasteiger charge is 2.09. The molecule has 2 amide bonds. The molecule has 8 nitrogen and oxygen atoms in total. The number of benzene rings is 2. The highest BCUT2D eigenvalue weighted by molar-refractivity contribution is 6.30. The molecule has 0 atom stereocenters. The molecule has 0 radical (unpaired) electrons. The predicted octanol–water partition coefficient (Wildman–Crippen LogP) is 7.96. The van der Waals surface area contributed by atoms with Crippen LogP contribution in [0.2, 0.25) is 10.0 Å². The molecule has 42 heavy (non-hydrogen) atoms. The molecular formula is C32H30Cl2N4O4. The quantitative estimate of drug-likeness (QED) is 0.211. The number of carbonyl (C=O) groups excluding carboxylic acids is 2. The van der Waals surface area contributed by atoms with Gasteiger partial charge in [-0.2, -0.15) is 0 Å². The van der Waals surface area contributed by atoms with E-state index >= 15 is 0 Å². The van der Waals surface area contributed by atoms with Gasteiger partial charge in [-0.1, -0.05) is 59.6 Å². The molecule has 2 heterocycles. The standard InChI is InChI=1S/2C16H15ClN2O2/c2*1-2-21-16(20)19-15(11-14-5-3-4-10-18-14)12-6-8-13(17)9-7-12/h2*3-11H,2H2,1H3,(H,19,20)/b15-11+;15-11-. The van der Waals surface area contributed by atoms with Gasteiger partial charge in [0.05, 0.1) is 36.0 Å². The maximum Gasteiger partial charge on any atom is 0.411 e. The van der Waals surface area contributed by atoms with Gasteiger partial charge < -0.3 is 9.47 Å². The van der Waals surface area contributed by atoms with E-state index in [1.807, 2.05) is 60.7 Å². The predicted molar refractivity (Wildman–Crippen MR) is 167 cm³/mol. The number of rotatable bonds is 8. The Morgan fingerprint density at radius 2 is 1.02 bits per heavy atom. The molecule has 4 aromatic rings. The molecule has 2 N–H and O–H groups in total. The molecule has 0 unspecified atom stereocenters. The zero-order valence-corrected chi connectivity index (χ0v) is 24.6. The van der Waals surface area contributed by atoms with Crippen molar-refractivity contribution in [1.29, 1.82) is 0 Å². The molecule has 0 saturated heterocycles. The molecule has 0 aliphatic heterocycles. The lowest BCUT2D eigenvalue weighted by atomic mass is 10.1. The second-order valence-corrected chi connectivity index (χ2v) is 9.20. The van der Waals surface area contributed by atoms with E-state index in [-0.39, 0.29) is 0 Å². The minimum atomic E-state index is -0.505. The maximum atomic E-state index is 11.7. The molecule has 0 fully saturated rings. The topological polar surface area (TPSA) is 102 Å². The van der Waals surface area contributed by atoms with Gasteiger partial charge in [-0.05, 0) is 85.7 Å². The van der Waals surface area contributed by atoms with Gasteiger partial charge in [-0.15, -0.1) is 0 Å². The molecule has 0 aliphatic rings. The van der Waals surface area contributed by atoms with Gasteiger partial charge in [0.25, 0.3) is 0 Å². The van der Waals surface area contributed by atoms with E-state index in [0.29, 0.717) is 34.7 Å². The number of nitrogens with zero attached hydrogens (tertiary/aromatic N) is 2. The summed E-state index contributed by atoms with van der Waals surface area (Å²) in [4.78, 5) is 31.8. The average Bonchev–Trinajstić information content (AvgIpc) is 2.99. The number of hydrogen-bond acceptors (Lipinski definition) is 6. The Morgan fingerprint density at radius 1 is 0.643 bits per heavy atom. The van der Waals surface area contributed by atoms with Crippen LogP contribution < -0.4 is 10.6 Å². The Kier molecular flexibility index (Phi) is 13.1. The van der Waals surface area contributed by atoms with Crippen LogP contribution in [-0.4, -0.2) is 35.4 Å². The summed E-state index contributed by atoms with van der Waals surface area (Å²) in [6.45, 7) is 4.13. The SMILES string of the molecule is CCOC(=O)N/C(=C/c1ccccn1)c1ccc(Cl)cc1.CCOC(=O)N/C(=C\c1ccccn1)c1ccc(Cl)cc1. The van der Waals surface area contributed by atoms with E-state index in [1.54, 1.807) is 62.7 Å². The van der Waals surface area contributed by atoms with Gasteiger partial charge in [0, 0.05) is 22.4 Å². The first-order chi connectivity index (χ1) is 20.4. The summed E-state index contributed by atoms with van der Waals surface area (Å²) >= 11 is 11.8. The number of halogens is 2. The van der Waals surface area contributed by atoms with Gasteiger partial charge in [0.15, 0.2) is 0 Å². The smallest absolute Gasteiger partial charge is 0.411 e. The Morgan fingerprint density at radius 3 is 1.33 bits per heavy atom. The fourth-order valence-electron chi connectivity index (χ4n) is 3.41. The molecule has 10 heteroatoms. The number of aromatic nitrogens is 2. The summed E-state index contributed by atoms with van der Waals surface area (Å²) in [6, 6.07) is 25.4. The van der Waals surface area contributed by atoms with Crippen molar-refractivity contribution >= 4 is 58.9 Å². The lowest BCUT2D eigenvalue weighted by Crippen LogP contribution is -2.22. The molecule has 216 valence electrons. The van der Waals surface area contributed by atoms with Crippen LogP contribution in [0.25, 0.3) is 23.5 Å². The van der Waals surface area contributed by atoms with Crippen LogP contribution in [0.3, 0.4) is 0 Å². The van der Waals surface area contributed by atoms with Crippen LogP contribution in [0.4, 0.5) is 9.59 Å². The number of amides is 2. The van der Waals surface area contributed by atoms with Crippen LogP contribution in [0.15, 0.2) is 97.3 Å². The van der Waals surface area contributed by atoms with Crippen molar-refractivity contribution in [3.05, 3.63) is 130 Å². The molecule has 0 aliphatic carbocycles. The Bertz CT molecular complexity index is 1360. The van der Waals surface area contributed by atoms with E-state index in [0.717, 1.165) is 22.5 Å². The molecule has 0 spiro atoms. The first-order valence-electron chi connectivity index (χ1n) is 13.0. The number of alkyl carbamates (subject to hydrolysis) is 2. The minimum absolute atomic E-state index is 0.309. The molecule has 2 aromatic heterocycles. The van der Waals surface area contributed by atoms with E-state index in [9.17, 15) is 9.59 Å². The van der Waals surface area contributed by atoms with Crippen molar-refractivity contribution < 1.29 is 19.1 Å². The van der Waals surface area contributed by atoms with Crippen molar-refractivity contribution in [3.8, 4) is 0 Å². The van der Waals surface area contributed by atoms with Gasteiger partial charge in [0.1, 0.15) is 0 Å². The van der Waals surface area contributed by atoms with E-state index < -0.39 is 12.2 Å². The van der Waals surface area contributed by atoms with Crippen molar-refractivity contribution in [2.75, 3.05) is 13.2 Å². The lowest BCUT2D eigenvalue weighted by molar-refractivity contribution is 0.156. The third-order valence-corrected chi connectivity index (χ3v) is 5.80. The highest BCUT2D eigenvalue weighted by Crippen LogP contribution is 2.19. The minimum Gasteiger partial charge on any atom is -0.450 e. The summed E-state index contributed by atoms with van der Waals surface area (Å²) in [5.41, 5.74) is 4.31. The van der Waals surface area contributed by atoms with Crippen molar-refractivity contribution in [2.24, 2.45) is 0 Å². The third-order valence-electron chi connectivity index (χ3n) is 5.29. The normalized spacial score (nSPS) is 11.0. The molecule has 0 saturated carbocycles. The van der Waals surface area contributed by atoms with Gasteiger partial charge in [0.2, 0.25) is 0 Å². The largest absolute Gasteiger partial charge is 0.450 e. The number of nitrogens with one attached hydrogen (secondary N) is 2. The zero-order chi connectivity index (χ0) is 30.2. The first-order valence-corrected chi connectivity index (χ1v) is 13.8. The molecule has 4 rings (SSSR count). The maximum absolute atomic E-state index is 11.7. The van der Waals surface area contributed by atoms with Crippen LogP contribution >= 0.6 is 23.2 Å². The highest BCUT2D eigenvalue weighted by atomic mass is 35.5. The second-order valence-electron chi connectivity index (χ2n) is 8.33. The van der Waals surface area contributed by atoms with Gasteiger partial charge in [-0.3, -0.25) is 20.6 Å². The lowest BCUT2D eigenvalue weighted by Gasteiger charge is -2.10. The van der Waals surface area contributed by atoms with Crippen molar-refractivity contribution in [3.63, 3.8) is 0 Å². The summed E-state index contributed by atoms with van der Waals surface area (Å²) in [5, 5.41) is 6.70. The Hall–Kier alpha value is -4.66. The Labute approximate surface area is 255 Å². The molecule has 0 bridgehead atoms. The van der Waals surface area contributed by atoms with Crippen molar-refractivity contribution in [1.82, 2.24) is 20.6 Å². The number of ether oxygens (including phenoxy) is 2. The number of pyridine rings is 2. The van der Waals surface area contributed by atoms with Gasteiger partial charge in [-0.25, -0.2) is 9.59 Å². The molecular weight excluding hydrogens is 575 g/mol. The zero-order valence-electron chi connectivity index (χ0n) is 23.1. The van der Waals surface area contributed by atoms with Crippen LogP contribution in [0.1, 0.15) is 36.4 Å². The first kappa shape index (κ1) is 31.9. The van der Waals surface area contributed by atoms with Crippen LogP contribution in [-0.2, 0) is 9.47 Å². The fraction of sp³-hybridized carbons (Fsp3) is 0.125. The van der Waals surface area contributed by atoms with E-state index in [1.165, 1.54) is 0 Å². The average molecular weight is 606 g/mol. The number of carbonyl (C=O) groups is 2. The van der Waals surface area contributed by atoms with Crippen LogP contribution in [0.5, 0.6) is 0 Å². The van der Waals surface area contributed by atoms with Crippen LogP contribution in [0, 0.1) is 0 Å². The molecule has 2 aromatic carbocycles. The summed E-state index contributed by atoms with van der Waals surface area (Å²) in [7, 11) is 0. The van der Waals surface area contributed by atoms with E-state index in [4.69, 9.17) is 32.7 Å². The summed E-state index contributed by atoms with van der Waals surface area (Å²) < 4.78 is 9.84. The van der Waals surface area contributed by atoms with E-state index in [2.05, 4.69) is 20.6 Å². The number of hydrogen-bond donors (Lipinski definition) is 2. The second kappa shape index (κ2) is 17.2. The van der Waals surface area contributed by atoms with Gasteiger partial charge >= 0.3 is 12.2 Å². The van der Waals surface area contributed by atoms with Crippen molar-refractivity contribution in [2.45, 2.75) is 13.8 Å². The monoisotopic (exact) mass is 604 g/mol. The third kappa shape index (κ3) is 11.1. The Balaban J connectivity index is 0.000000230. The fourth-order valence-corrected chi connectivity index (χ4v) is 3.67. The summed E-state index contributed by atoms with van der Waals surface area (Å²) in [5.74, 6) is 0. The summed E-state index contributed by atoms with van der Waals surface area (Å²) in [6.07, 6.45) is 5.93.